The van der Waals surface area contributed by atoms with Gasteiger partial charge in [0.2, 0.25) is 0 Å². The van der Waals surface area contributed by atoms with Gasteiger partial charge in [-0.15, -0.1) is 0 Å². The molecule has 0 radical (unpaired) electrons. The summed E-state index contributed by atoms with van der Waals surface area (Å²) >= 11 is 0. The molecule has 0 spiro atoms. The molecule has 1 aliphatic heterocycles. The van der Waals surface area contributed by atoms with E-state index in [1.165, 1.54) is 0 Å². The molecule has 0 aromatic rings. The van der Waals surface area contributed by atoms with Gasteiger partial charge in [0.1, 0.15) is 0 Å². The number of hydrogen-bond acceptors (Lipinski definition) is 4. The van der Waals surface area contributed by atoms with Crippen molar-refractivity contribution in [1.82, 2.24) is 5.32 Å². The van der Waals surface area contributed by atoms with E-state index in [-0.39, 0.29) is 6.23 Å². The minimum absolute atomic E-state index is 0.0590. The largest absolute Gasteiger partial charge is 0.370 e. The molecule has 10 heavy (non-hydrogen) atoms. The first-order valence-electron chi connectivity index (χ1n) is 3.35. The molecule has 2 atom stereocenters. The molecule has 58 valence electrons. The minimum atomic E-state index is -0.0590. The standard InChI is InChI=1S/C6H13N3O/c1-4-3-5(10-2)9-6(7)8-4/h4-5H,3H2,1-2H3,(H3,7,8,9). The zero-order valence-electron chi connectivity index (χ0n) is 6.29. The minimum Gasteiger partial charge on any atom is -0.370 e. The lowest BCUT2D eigenvalue weighted by Gasteiger charge is -2.24. The second-order valence-corrected chi connectivity index (χ2v) is 2.49. The van der Waals surface area contributed by atoms with Crippen molar-refractivity contribution in [2.75, 3.05) is 7.11 Å². The SMILES string of the molecule is COC1CC(C)NC(N)=N1. The lowest BCUT2D eigenvalue weighted by molar-refractivity contribution is 0.0907. The number of guanidine groups is 1. The topological polar surface area (TPSA) is 59.6 Å². The van der Waals surface area contributed by atoms with E-state index < -0.39 is 0 Å². The Hall–Kier alpha value is -0.770. The van der Waals surface area contributed by atoms with E-state index >= 15 is 0 Å². The van der Waals surface area contributed by atoms with Gasteiger partial charge in [0.05, 0.1) is 0 Å². The van der Waals surface area contributed by atoms with Crippen molar-refractivity contribution >= 4 is 5.96 Å². The van der Waals surface area contributed by atoms with Crippen molar-refractivity contribution < 1.29 is 4.74 Å². The maximum atomic E-state index is 5.45. The normalized spacial score (nSPS) is 32.8. The maximum Gasteiger partial charge on any atom is 0.191 e. The second kappa shape index (κ2) is 2.88. The fourth-order valence-corrected chi connectivity index (χ4v) is 1.01. The molecular weight excluding hydrogens is 130 g/mol. The van der Waals surface area contributed by atoms with Crippen molar-refractivity contribution in [1.29, 1.82) is 0 Å². The van der Waals surface area contributed by atoms with Crippen LogP contribution in [-0.4, -0.2) is 25.3 Å². The van der Waals surface area contributed by atoms with Crippen molar-refractivity contribution in [2.24, 2.45) is 10.7 Å². The van der Waals surface area contributed by atoms with Crippen LogP contribution in [0.25, 0.3) is 0 Å². The molecule has 0 aromatic heterocycles. The molecule has 0 saturated carbocycles. The van der Waals surface area contributed by atoms with Crippen molar-refractivity contribution in [3.8, 4) is 0 Å². The maximum absolute atomic E-state index is 5.45. The Bertz CT molecular complexity index is 146. The summed E-state index contributed by atoms with van der Waals surface area (Å²) in [7, 11) is 1.64. The van der Waals surface area contributed by atoms with Crippen LogP contribution in [0.5, 0.6) is 0 Å². The molecule has 1 heterocycles. The average Bonchev–Trinajstić information content (AvgIpc) is 1.85. The van der Waals surface area contributed by atoms with Gasteiger partial charge in [0.25, 0.3) is 0 Å². The van der Waals surface area contributed by atoms with Crippen LogP contribution in [0.1, 0.15) is 13.3 Å². The summed E-state index contributed by atoms with van der Waals surface area (Å²) in [6.07, 6.45) is 0.827. The molecule has 1 rings (SSSR count). The third-order valence-corrected chi connectivity index (χ3v) is 1.50. The van der Waals surface area contributed by atoms with E-state index in [1.54, 1.807) is 7.11 Å². The Morgan fingerprint density at radius 1 is 1.80 bits per heavy atom. The molecule has 3 N–H and O–H groups in total. The summed E-state index contributed by atoms with van der Waals surface area (Å²) < 4.78 is 5.02. The predicted molar refractivity (Wildman–Crippen MR) is 39.6 cm³/mol. The summed E-state index contributed by atoms with van der Waals surface area (Å²) in [6.45, 7) is 2.05. The van der Waals surface area contributed by atoms with Crippen LogP contribution in [0.4, 0.5) is 0 Å². The Kier molecular flexibility index (Phi) is 2.11. The number of aliphatic imine (C=N–C) groups is 1. The molecule has 4 heteroatoms. The van der Waals surface area contributed by atoms with Crippen molar-refractivity contribution in [3.05, 3.63) is 0 Å². The van der Waals surface area contributed by atoms with E-state index in [0.29, 0.717) is 12.0 Å². The van der Waals surface area contributed by atoms with Crippen LogP contribution in [0, 0.1) is 0 Å². The zero-order valence-corrected chi connectivity index (χ0v) is 6.29. The highest BCUT2D eigenvalue weighted by Gasteiger charge is 2.16. The summed E-state index contributed by atoms with van der Waals surface area (Å²) in [6, 6.07) is 0.363. The van der Waals surface area contributed by atoms with Gasteiger partial charge in [-0.25, -0.2) is 4.99 Å². The van der Waals surface area contributed by atoms with Crippen LogP contribution in [-0.2, 0) is 4.74 Å². The first-order valence-corrected chi connectivity index (χ1v) is 3.35. The number of rotatable bonds is 1. The Morgan fingerprint density at radius 2 is 2.50 bits per heavy atom. The molecule has 1 aliphatic rings. The molecule has 2 unspecified atom stereocenters. The average molecular weight is 143 g/mol. The van der Waals surface area contributed by atoms with Crippen LogP contribution < -0.4 is 11.1 Å². The van der Waals surface area contributed by atoms with Crippen LogP contribution >= 0.6 is 0 Å². The number of nitrogens with zero attached hydrogens (tertiary/aromatic N) is 1. The highest BCUT2D eigenvalue weighted by Crippen LogP contribution is 2.06. The van der Waals surface area contributed by atoms with Gasteiger partial charge in [-0.1, -0.05) is 0 Å². The van der Waals surface area contributed by atoms with Crippen molar-refractivity contribution in [3.63, 3.8) is 0 Å². The first-order chi connectivity index (χ1) is 4.72. The Balaban J connectivity index is 2.55. The Labute approximate surface area is 60.5 Å². The fraction of sp³-hybridized carbons (Fsp3) is 0.833. The van der Waals surface area contributed by atoms with E-state index in [9.17, 15) is 0 Å². The summed E-state index contributed by atoms with van der Waals surface area (Å²) in [5.74, 6) is 0.477. The summed E-state index contributed by atoms with van der Waals surface area (Å²) in [5.41, 5.74) is 5.45. The molecule has 4 nitrogen and oxygen atoms in total. The highest BCUT2D eigenvalue weighted by molar-refractivity contribution is 5.78. The fourth-order valence-electron chi connectivity index (χ4n) is 1.01. The van der Waals surface area contributed by atoms with Gasteiger partial charge in [0.15, 0.2) is 12.2 Å². The van der Waals surface area contributed by atoms with E-state index in [4.69, 9.17) is 10.5 Å². The van der Waals surface area contributed by atoms with Gasteiger partial charge in [-0.3, -0.25) is 0 Å². The summed E-state index contributed by atoms with van der Waals surface area (Å²) in [4.78, 5) is 4.01. The molecular formula is C6H13N3O. The van der Waals surface area contributed by atoms with Gasteiger partial charge in [-0.2, -0.15) is 0 Å². The summed E-state index contributed by atoms with van der Waals surface area (Å²) in [5, 5.41) is 2.99. The Morgan fingerprint density at radius 3 is 3.00 bits per heavy atom. The van der Waals surface area contributed by atoms with Crippen LogP contribution in [0.2, 0.25) is 0 Å². The number of nitrogens with two attached hydrogens (primary N) is 1. The molecule has 0 amide bonds. The smallest absolute Gasteiger partial charge is 0.191 e. The monoisotopic (exact) mass is 143 g/mol. The predicted octanol–water partition coefficient (Wildman–Crippen LogP) is -0.345. The molecule has 0 fully saturated rings. The lowest BCUT2D eigenvalue weighted by atomic mass is 10.2. The number of hydrogen-bond donors (Lipinski definition) is 2. The van der Waals surface area contributed by atoms with E-state index in [0.717, 1.165) is 6.42 Å². The lowest BCUT2D eigenvalue weighted by Crippen LogP contribution is -2.45. The first kappa shape index (κ1) is 7.34. The highest BCUT2D eigenvalue weighted by atomic mass is 16.5. The molecule has 0 aromatic carbocycles. The van der Waals surface area contributed by atoms with E-state index in [2.05, 4.69) is 10.3 Å². The zero-order chi connectivity index (χ0) is 7.56. The van der Waals surface area contributed by atoms with E-state index in [1.807, 2.05) is 6.92 Å². The van der Waals surface area contributed by atoms with Crippen LogP contribution in [0.15, 0.2) is 4.99 Å². The van der Waals surface area contributed by atoms with Crippen LogP contribution in [0.3, 0.4) is 0 Å². The quantitative estimate of drug-likeness (QED) is 0.527. The number of methoxy groups -OCH3 is 1. The van der Waals surface area contributed by atoms with Gasteiger partial charge >= 0.3 is 0 Å². The molecule has 0 aliphatic carbocycles. The van der Waals surface area contributed by atoms with Crippen molar-refractivity contribution in [2.45, 2.75) is 25.6 Å². The number of ether oxygens (including phenoxy) is 1. The van der Waals surface area contributed by atoms with Gasteiger partial charge in [0, 0.05) is 19.6 Å². The third-order valence-electron chi connectivity index (χ3n) is 1.50. The van der Waals surface area contributed by atoms with Gasteiger partial charge < -0.3 is 15.8 Å². The van der Waals surface area contributed by atoms with Gasteiger partial charge in [-0.05, 0) is 6.92 Å². The number of nitrogens with one attached hydrogen (secondary N) is 1. The molecule has 0 saturated heterocycles. The molecule has 0 bridgehead atoms. The third kappa shape index (κ3) is 1.60. The second-order valence-electron chi connectivity index (χ2n) is 2.49.